The van der Waals surface area contributed by atoms with Crippen molar-refractivity contribution >= 4 is 21.6 Å². The standard InChI is InChI=1S/C13H18N4O5S/c18-13(15-9-10-7-14-8-10)5-6-16-23(21,22)12-3-1-11(2-4-12)17(19)20/h1-4,10,14,16H,5-9H2,(H,15,18). The molecule has 1 heterocycles. The maximum absolute atomic E-state index is 12.0. The van der Waals surface area contributed by atoms with Crippen LogP contribution in [0.5, 0.6) is 0 Å². The maximum Gasteiger partial charge on any atom is 0.269 e. The molecule has 3 N–H and O–H groups in total. The van der Waals surface area contributed by atoms with Crippen molar-refractivity contribution in [3.63, 3.8) is 0 Å². The molecule has 1 aliphatic rings. The highest BCUT2D eigenvalue weighted by Gasteiger charge is 2.18. The van der Waals surface area contributed by atoms with E-state index in [0.717, 1.165) is 37.4 Å². The molecule has 0 spiro atoms. The van der Waals surface area contributed by atoms with E-state index in [2.05, 4.69) is 15.4 Å². The molecule has 0 aromatic heterocycles. The topological polar surface area (TPSA) is 130 Å². The number of nitro groups is 1. The Morgan fingerprint density at radius 1 is 1.30 bits per heavy atom. The summed E-state index contributed by atoms with van der Waals surface area (Å²) < 4.78 is 26.3. The summed E-state index contributed by atoms with van der Waals surface area (Å²) in [5.41, 5.74) is -0.186. The summed E-state index contributed by atoms with van der Waals surface area (Å²) >= 11 is 0. The number of rotatable bonds is 8. The first-order valence-corrected chi connectivity index (χ1v) is 8.58. The molecule has 1 aromatic carbocycles. The van der Waals surface area contributed by atoms with Gasteiger partial charge in [-0.05, 0) is 12.1 Å². The quantitative estimate of drug-likeness (QED) is 0.435. The second-order valence-corrected chi connectivity index (χ2v) is 6.99. The van der Waals surface area contributed by atoms with Crippen LogP contribution in [0.1, 0.15) is 6.42 Å². The third-order valence-corrected chi connectivity index (χ3v) is 4.93. The van der Waals surface area contributed by atoms with E-state index in [1.165, 1.54) is 0 Å². The maximum atomic E-state index is 12.0. The average Bonchev–Trinajstić information content (AvgIpc) is 2.45. The fraction of sp³-hybridized carbons (Fsp3) is 0.462. The highest BCUT2D eigenvalue weighted by atomic mass is 32.2. The number of sulfonamides is 1. The molecule has 1 aliphatic heterocycles. The van der Waals surface area contributed by atoms with Crippen LogP contribution in [-0.4, -0.2) is 45.4 Å². The molecule has 0 radical (unpaired) electrons. The normalized spacial score (nSPS) is 15.0. The smallest absolute Gasteiger partial charge is 0.269 e. The molecule has 1 saturated heterocycles. The Labute approximate surface area is 133 Å². The Kier molecular flexibility index (Phi) is 5.64. The van der Waals surface area contributed by atoms with Gasteiger partial charge in [-0.25, -0.2) is 13.1 Å². The van der Waals surface area contributed by atoms with Crippen LogP contribution < -0.4 is 15.4 Å². The van der Waals surface area contributed by atoms with Gasteiger partial charge in [0.15, 0.2) is 0 Å². The van der Waals surface area contributed by atoms with E-state index >= 15 is 0 Å². The first-order chi connectivity index (χ1) is 10.9. The molecule has 0 bridgehead atoms. The van der Waals surface area contributed by atoms with Crippen LogP contribution in [0.3, 0.4) is 0 Å². The van der Waals surface area contributed by atoms with E-state index in [1.54, 1.807) is 0 Å². The van der Waals surface area contributed by atoms with Crippen LogP contribution in [0.25, 0.3) is 0 Å². The van der Waals surface area contributed by atoms with Crippen molar-refractivity contribution in [2.24, 2.45) is 5.92 Å². The molecule has 10 heteroatoms. The molecule has 1 amide bonds. The zero-order valence-electron chi connectivity index (χ0n) is 12.3. The lowest BCUT2D eigenvalue weighted by Gasteiger charge is -2.27. The minimum absolute atomic E-state index is 0.0337. The Hall–Kier alpha value is -2.04. The van der Waals surface area contributed by atoms with Gasteiger partial charge in [-0.3, -0.25) is 14.9 Å². The largest absolute Gasteiger partial charge is 0.356 e. The van der Waals surface area contributed by atoms with E-state index in [-0.39, 0.29) is 29.5 Å². The Morgan fingerprint density at radius 3 is 2.48 bits per heavy atom. The molecule has 0 saturated carbocycles. The molecule has 0 aliphatic carbocycles. The van der Waals surface area contributed by atoms with Crippen molar-refractivity contribution in [3.8, 4) is 0 Å². The van der Waals surface area contributed by atoms with Gasteiger partial charge in [0.05, 0.1) is 9.82 Å². The van der Waals surface area contributed by atoms with Crippen molar-refractivity contribution in [2.75, 3.05) is 26.2 Å². The lowest BCUT2D eigenvalue weighted by atomic mass is 10.0. The SMILES string of the molecule is O=C(CCNS(=O)(=O)c1ccc([N+](=O)[O-])cc1)NCC1CNC1. The Morgan fingerprint density at radius 2 is 1.96 bits per heavy atom. The number of carbonyl (C=O) groups is 1. The van der Waals surface area contributed by atoms with Crippen LogP contribution in [-0.2, 0) is 14.8 Å². The van der Waals surface area contributed by atoms with E-state index in [1.807, 2.05) is 0 Å². The molecule has 2 rings (SSSR count). The van der Waals surface area contributed by atoms with E-state index in [4.69, 9.17) is 0 Å². The zero-order chi connectivity index (χ0) is 16.9. The van der Waals surface area contributed by atoms with Crippen molar-refractivity contribution < 1.29 is 18.1 Å². The number of amides is 1. The number of nitrogens with one attached hydrogen (secondary N) is 3. The van der Waals surface area contributed by atoms with Gasteiger partial charge < -0.3 is 10.6 Å². The number of hydrogen-bond acceptors (Lipinski definition) is 6. The van der Waals surface area contributed by atoms with E-state index in [0.29, 0.717) is 12.5 Å². The van der Waals surface area contributed by atoms with Gasteiger partial charge in [0, 0.05) is 50.7 Å². The predicted octanol–water partition coefficient (Wildman–Crippen LogP) is -0.401. The number of nitro benzene ring substituents is 1. The van der Waals surface area contributed by atoms with Crippen LogP contribution in [0.15, 0.2) is 29.2 Å². The van der Waals surface area contributed by atoms with Crippen LogP contribution in [0.2, 0.25) is 0 Å². The molecule has 9 nitrogen and oxygen atoms in total. The molecule has 23 heavy (non-hydrogen) atoms. The van der Waals surface area contributed by atoms with Crippen molar-refractivity contribution in [3.05, 3.63) is 34.4 Å². The van der Waals surface area contributed by atoms with Gasteiger partial charge in [-0.1, -0.05) is 0 Å². The molecule has 0 atom stereocenters. The monoisotopic (exact) mass is 342 g/mol. The summed E-state index contributed by atoms with van der Waals surface area (Å²) in [4.78, 5) is 21.4. The van der Waals surface area contributed by atoms with Gasteiger partial charge in [-0.2, -0.15) is 0 Å². The molecule has 126 valence electrons. The fourth-order valence-electron chi connectivity index (χ4n) is 1.97. The highest BCUT2D eigenvalue weighted by molar-refractivity contribution is 7.89. The van der Waals surface area contributed by atoms with Gasteiger partial charge in [0.1, 0.15) is 0 Å². The van der Waals surface area contributed by atoms with Gasteiger partial charge in [0.2, 0.25) is 15.9 Å². The van der Waals surface area contributed by atoms with Crippen molar-refractivity contribution in [1.82, 2.24) is 15.4 Å². The summed E-state index contributed by atoms with van der Waals surface area (Å²) in [5.74, 6) is 0.221. The second kappa shape index (κ2) is 7.49. The Balaban J connectivity index is 1.78. The second-order valence-electron chi connectivity index (χ2n) is 5.23. The summed E-state index contributed by atoms with van der Waals surface area (Å²) in [7, 11) is -3.79. The summed E-state index contributed by atoms with van der Waals surface area (Å²) in [5, 5.41) is 16.4. The van der Waals surface area contributed by atoms with Crippen molar-refractivity contribution in [2.45, 2.75) is 11.3 Å². The molecule has 0 unspecified atom stereocenters. The molecular formula is C13H18N4O5S. The first kappa shape index (κ1) is 17.3. The fourth-order valence-corrected chi connectivity index (χ4v) is 3.00. The minimum Gasteiger partial charge on any atom is -0.356 e. The number of hydrogen-bond donors (Lipinski definition) is 3. The number of non-ortho nitro benzene ring substituents is 1. The van der Waals surface area contributed by atoms with Gasteiger partial charge in [0.25, 0.3) is 5.69 Å². The number of nitrogens with zero attached hydrogens (tertiary/aromatic N) is 1. The lowest BCUT2D eigenvalue weighted by Crippen LogP contribution is -2.48. The van der Waals surface area contributed by atoms with Crippen LogP contribution in [0, 0.1) is 16.0 Å². The molecule has 1 fully saturated rings. The van der Waals surface area contributed by atoms with Gasteiger partial charge >= 0.3 is 0 Å². The zero-order valence-corrected chi connectivity index (χ0v) is 13.1. The highest BCUT2D eigenvalue weighted by Crippen LogP contribution is 2.15. The minimum atomic E-state index is -3.79. The third kappa shape index (κ3) is 4.98. The van der Waals surface area contributed by atoms with Gasteiger partial charge in [-0.15, -0.1) is 0 Å². The Bertz CT molecular complexity index is 670. The summed E-state index contributed by atoms with van der Waals surface area (Å²) in [6.45, 7) is 2.31. The van der Waals surface area contributed by atoms with Crippen LogP contribution >= 0.6 is 0 Å². The summed E-state index contributed by atoms with van der Waals surface area (Å²) in [6, 6.07) is 4.55. The lowest BCUT2D eigenvalue weighted by molar-refractivity contribution is -0.384. The average molecular weight is 342 g/mol. The van der Waals surface area contributed by atoms with Crippen molar-refractivity contribution in [1.29, 1.82) is 0 Å². The van der Waals surface area contributed by atoms with E-state index in [9.17, 15) is 23.3 Å². The third-order valence-electron chi connectivity index (χ3n) is 3.46. The molecule has 1 aromatic rings. The predicted molar refractivity (Wildman–Crippen MR) is 82.3 cm³/mol. The first-order valence-electron chi connectivity index (χ1n) is 7.10. The summed E-state index contributed by atoms with van der Waals surface area (Å²) in [6.07, 6.45) is 0.0341. The number of benzene rings is 1. The van der Waals surface area contributed by atoms with Crippen LogP contribution in [0.4, 0.5) is 5.69 Å². The van der Waals surface area contributed by atoms with E-state index < -0.39 is 14.9 Å². The molecular weight excluding hydrogens is 324 g/mol. The number of carbonyl (C=O) groups excluding carboxylic acids is 1.